The molecular formula is C75H108O15. The molecule has 3 aliphatic carbocycles. The van der Waals surface area contributed by atoms with Crippen LogP contribution in [-0.4, -0.2) is 111 Å². The van der Waals surface area contributed by atoms with E-state index < -0.39 is 107 Å². The van der Waals surface area contributed by atoms with Crippen LogP contribution in [0.5, 0.6) is 0 Å². The summed E-state index contributed by atoms with van der Waals surface area (Å²) in [5.41, 5.74) is -6.62. The molecule has 4 aliphatic rings. The number of fused-ring (bicyclic) bond motifs is 5. The summed E-state index contributed by atoms with van der Waals surface area (Å²) in [5, 5.41) is 38.3. The van der Waals surface area contributed by atoms with Crippen molar-refractivity contribution in [3.63, 3.8) is 0 Å². The Bertz CT molecular complexity index is 2730. The van der Waals surface area contributed by atoms with E-state index in [-0.39, 0.29) is 48.2 Å². The number of hydrogen-bond donors (Lipinski definition) is 3. The lowest BCUT2D eigenvalue weighted by Gasteiger charge is -2.67. The highest BCUT2D eigenvalue weighted by Gasteiger charge is 2.78. The SMILES string of the molecule is CCCCC/C=C\C/C=C\CCCCCCCC(=O)O[C@@H](C/C=C\CCCCCCCC(=O)O[C@@H](C(=O)O[C@H]1C[C@@]2(O)[C@@H](OC(=O)c3ccccc3)[C@H]3[C@](C)(C(=O)[C@H](O)C(=C1C)C2(C)C)[C@@H](O)CC1OC[C@]13OC(C)=O)[C@@H](C)c1ccccc1)CCCCCC. The zero-order valence-electron chi connectivity index (χ0n) is 55.5. The van der Waals surface area contributed by atoms with Gasteiger partial charge in [-0.25, -0.2) is 9.59 Å². The predicted molar refractivity (Wildman–Crippen MR) is 348 cm³/mol. The first kappa shape index (κ1) is 73.3. The minimum Gasteiger partial charge on any atom is -0.462 e. The highest BCUT2D eigenvalue weighted by atomic mass is 16.6. The van der Waals surface area contributed by atoms with Gasteiger partial charge in [0.15, 0.2) is 11.4 Å². The molecule has 498 valence electrons. The molecule has 0 spiro atoms. The molecule has 1 heterocycles. The van der Waals surface area contributed by atoms with Gasteiger partial charge in [-0.15, -0.1) is 0 Å². The molecule has 0 radical (unpaired) electrons. The molecular weight excluding hydrogens is 1140 g/mol. The molecule has 1 unspecified atom stereocenters. The van der Waals surface area contributed by atoms with Crippen LogP contribution in [0.1, 0.15) is 251 Å². The third-order valence-electron chi connectivity index (χ3n) is 19.8. The highest BCUT2D eigenvalue weighted by Crippen LogP contribution is 2.64. The first-order valence-electron chi connectivity index (χ1n) is 34.2. The molecule has 15 heteroatoms. The number of carbonyl (C=O) groups excluding carboxylic acids is 6. The third-order valence-corrected chi connectivity index (χ3v) is 19.8. The molecule has 12 atom stereocenters. The van der Waals surface area contributed by atoms with E-state index >= 15 is 4.79 Å². The smallest absolute Gasteiger partial charge is 0.348 e. The van der Waals surface area contributed by atoms with Crippen LogP contribution >= 0.6 is 0 Å². The number of ether oxygens (including phenoxy) is 6. The Balaban J connectivity index is 1.04. The topological polar surface area (TPSA) is 218 Å². The summed E-state index contributed by atoms with van der Waals surface area (Å²) in [4.78, 5) is 84.3. The fourth-order valence-electron chi connectivity index (χ4n) is 14.2. The molecule has 6 rings (SSSR count). The maximum Gasteiger partial charge on any atom is 0.348 e. The molecule has 2 bridgehead atoms. The van der Waals surface area contributed by atoms with Crippen molar-refractivity contribution in [1.29, 1.82) is 0 Å². The number of esters is 5. The largest absolute Gasteiger partial charge is 0.462 e. The summed E-state index contributed by atoms with van der Waals surface area (Å²) < 4.78 is 37.0. The van der Waals surface area contributed by atoms with E-state index in [2.05, 4.69) is 50.3 Å². The van der Waals surface area contributed by atoms with Gasteiger partial charge in [-0.05, 0) is 113 Å². The van der Waals surface area contributed by atoms with Crippen LogP contribution in [0.2, 0.25) is 0 Å². The number of unbranched alkanes of at least 4 members (excludes halogenated alkanes) is 16. The lowest BCUT2D eigenvalue weighted by Crippen LogP contribution is -2.81. The number of hydrogen-bond acceptors (Lipinski definition) is 15. The fraction of sp³-hybridized carbons (Fsp3) is 0.653. The molecule has 3 N–H and O–H groups in total. The first-order chi connectivity index (χ1) is 43.2. The van der Waals surface area contributed by atoms with Crippen molar-refractivity contribution in [2.75, 3.05) is 6.61 Å². The monoisotopic (exact) mass is 1250 g/mol. The molecule has 0 amide bonds. The average molecular weight is 1250 g/mol. The van der Waals surface area contributed by atoms with Crippen LogP contribution in [0.3, 0.4) is 0 Å². The molecule has 3 fully saturated rings. The first-order valence-corrected chi connectivity index (χ1v) is 34.2. The van der Waals surface area contributed by atoms with Gasteiger partial charge in [0.25, 0.3) is 0 Å². The number of ketones is 1. The van der Waals surface area contributed by atoms with Crippen molar-refractivity contribution in [2.24, 2.45) is 16.7 Å². The zero-order valence-corrected chi connectivity index (χ0v) is 55.5. The highest BCUT2D eigenvalue weighted by molar-refractivity contribution is 5.94. The standard InChI is InChI=1S/C75H108O15/c1-9-11-13-15-16-17-18-19-20-21-22-23-27-30-40-48-62(78)86-58(46-38-14-12-10-2)47-39-29-26-24-25-28-31-41-49-63(79)88-66(53(3)56-42-34-32-35-43-56)71(83)87-59-51-75(84)69(89-70(82)57-44-36-33-37-45-57)67-73(8,68(81)65(80)64(54(59)4)72(75,6)7)60(77)50-61-74(67,52-85-61)90-55(5)76/h16-17,19-20,29,32-37,39,42-45,53,58-61,65-67,69,77,80,84H,9-15,18,21-28,30-31,38,40-41,46-52H2,1-8H3/b17-16-,20-19-,39-29-/t53-,58+,59-,60-,61?,65+,66+,67-,69-,73+,74-,75+/m0/s1. The maximum absolute atomic E-state index is 15.3. The molecule has 15 nitrogen and oxygen atoms in total. The van der Waals surface area contributed by atoms with E-state index in [1.165, 1.54) is 70.9 Å². The molecule has 2 saturated carbocycles. The van der Waals surface area contributed by atoms with Crippen LogP contribution in [0.4, 0.5) is 0 Å². The Morgan fingerprint density at radius 3 is 1.82 bits per heavy atom. The van der Waals surface area contributed by atoms with Gasteiger partial charge in [-0.3, -0.25) is 19.2 Å². The number of benzene rings is 2. The summed E-state index contributed by atoms with van der Waals surface area (Å²) in [6, 6.07) is 17.1. The average Bonchev–Trinajstić information content (AvgIpc) is 0.679. The molecule has 1 aliphatic heterocycles. The van der Waals surface area contributed by atoms with Gasteiger partial charge in [0.2, 0.25) is 6.10 Å². The Labute approximate surface area is 537 Å². The van der Waals surface area contributed by atoms with E-state index in [0.29, 0.717) is 24.8 Å². The molecule has 2 aromatic carbocycles. The van der Waals surface area contributed by atoms with E-state index in [1.54, 1.807) is 45.9 Å². The van der Waals surface area contributed by atoms with Crippen LogP contribution in [0, 0.1) is 16.7 Å². The molecule has 90 heavy (non-hydrogen) atoms. The van der Waals surface area contributed by atoms with Gasteiger partial charge < -0.3 is 43.7 Å². The van der Waals surface area contributed by atoms with Gasteiger partial charge in [0.05, 0.1) is 29.6 Å². The minimum absolute atomic E-state index is 0.00116. The summed E-state index contributed by atoms with van der Waals surface area (Å²) in [7, 11) is 0. The number of aliphatic hydroxyl groups excluding tert-OH is 2. The van der Waals surface area contributed by atoms with Crippen molar-refractivity contribution in [2.45, 2.75) is 289 Å². The molecule has 2 aromatic rings. The second-order valence-electron chi connectivity index (χ2n) is 26.7. The van der Waals surface area contributed by atoms with E-state index in [1.807, 2.05) is 30.3 Å². The Hall–Kier alpha value is -5.74. The van der Waals surface area contributed by atoms with Crippen LogP contribution in [0.15, 0.2) is 108 Å². The van der Waals surface area contributed by atoms with Crippen molar-refractivity contribution < 1.29 is 72.5 Å². The van der Waals surface area contributed by atoms with Crippen molar-refractivity contribution in [1.82, 2.24) is 0 Å². The van der Waals surface area contributed by atoms with Crippen LogP contribution < -0.4 is 0 Å². The Kier molecular flexibility index (Phi) is 29.3. The van der Waals surface area contributed by atoms with Gasteiger partial charge >= 0.3 is 29.8 Å². The van der Waals surface area contributed by atoms with E-state index in [0.717, 1.165) is 89.9 Å². The lowest BCUT2D eigenvalue weighted by atomic mass is 9.44. The van der Waals surface area contributed by atoms with E-state index in [4.69, 9.17) is 28.4 Å². The number of Topliss-reactive ketones (excluding diaryl/α,β-unsaturated/α-hetero) is 1. The van der Waals surface area contributed by atoms with Crippen molar-refractivity contribution in [3.8, 4) is 0 Å². The number of allylic oxidation sites excluding steroid dienone is 5. The molecule has 1 saturated heterocycles. The zero-order chi connectivity index (χ0) is 65.3. The number of aliphatic hydroxyl groups is 3. The predicted octanol–water partition coefficient (Wildman–Crippen LogP) is 14.7. The maximum atomic E-state index is 15.3. The number of carbonyl (C=O) groups is 6. The fourth-order valence-corrected chi connectivity index (χ4v) is 14.2. The van der Waals surface area contributed by atoms with Gasteiger partial charge in [-0.2, -0.15) is 0 Å². The summed E-state index contributed by atoms with van der Waals surface area (Å²) in [6.45, 7) is 13.3. The normalized spacial score (nSPS) is 26.4. The quantitative estimate of drug-likeness (QED) is 0.0246. The van der Waals surface area contributed by atoms with E-state index in [9.17, 15) is 39.3 Å². The number of rotatable bonds is 38. The Morgan fingerprint density at radius 2 is 1.23 bits per heavy atom. The second-order valence-corrected chi connectivity index (χ2v) is 26.7. The Morgan fingerprint density at radius 1 is 0.689 bits per heavy atom. The van der Waals surface area contributed by atoms with Crippen LogP contribution in [-0.2, 0) is 52.4 Å². The van der Waals surface area contributed by atoms with Gasteiger partial charge in [-0.1, -0.05) is 190 Å². The molecule has 0 aromatic heterocycles. The van der Waals surface area contributed by atoms with Crippen molar-refractivity contribution in [3.05, 3.63) is 119 Å². The lowest BCUT2D eigenvalue weighted by molar-refractivity contribution is -0.346. The van der Waals surface area contributed by atoms with Crippen LogP contribution in [0.25, 0.3) is 0 Å². The van der Waals surface area contributed by atoms with Crippen molar-refractivity contribution >= 4 is 35.6 Å². The third kappa shape index (κ3) is 19.0. The summed E-state index contributed by atoms with van der Waals surface area (Å²) >= 11 is 0. The summed E-state index contributed by atoms with van der Waals surface area (Å²) in [5.74, 6) is -6.36. The van der Waals surface area contributed by atoms with Gasteiger partial charge in [0, 0.05) is 50.4 Å². The minimum atomic E-state index is -2.32. The van der Waals surface area contributed by atoms with Gasteiger partial charge in [0.1, 0.15) is 36.1 Å². The second kappa shape index (κ2) is 35.9. The summed E-state index contributed by atoms with van der Waals surface area (Å²) in [6.07, 6.45) is 27.7.